The lowest BCUT2D eigenvalue weighted by Crippen LogP contribution is -2.15. The summed E-state index contributed by atoms with van der Waals surface area (Å²) in [5.74, 6) is 0.696. The number of nitrogens with zero attached hydrogens (tertiary/aromatic N) is 1. The van der Waals surface area contributed by atoms with E-state index in [0.29, 0.717) is 17.2 Å². The largest absolute Gasteiger partial charge is 0.456 e. The predicted octanol–water partition coefficient (Wildman–Crippen LogP) is 6.41. The number of rotatable bonds is 5. The summed E-state index contributed by atoms with van der Waals surface area (Å²) >= 11 is 6.02. The van der Waals surface area contributed by atoms with E-state index in [0.717, 1.165) is 11.1 Å². The highest BCUT2D eigenvalue weighted by molar-refractivity contribution is 7.92. The Morgan fingerprint density at radius 3 is 2.29 bits per heavy atom. The van der Waals surface area contributed by atoms with Crippen molar-refractivity contribution in [1.82, 2.24) is 0 Å². The molecule has 1 N–H and O–H groups in total. The number of nitriles is 1. The van der Waals surface area contributed by atoms with Crippen molar-refractivity contribution in [2.24, 2.45) is 0 Å². The summed E-state index contributed by atoms with van der Waals surface area (Å²) in [6, 6.07) is 18.6. The second-order valence-electron chi connectivity index (χ2n) is 8.18. The third-order valence-electron chi connectivity index (χ3n) is 4.79. The lowest BCUT2D eigenvalue weighted by Gasteiger charge is -2.21. The Kier molecular flexibility index (Phi) is 6.30. The number of benzene rings is 3. The molecular formula is C24H23ClN2O3S. The van der Waals surface area contributed by atoms with E-state index in [1.165, 1.54) is 24.3 Å². The molecule has 3 aromatic carbocycles. The van der Waals surface area contributed by atoms with E-state index in [9.17, 15) is 13.7 Å². The molecule has 0 amide bonds. The first-order valence-corrected chi connectivity index (χ1v) is 11.5. The molecule has 31 heavy (non-hydrogen) atoms. The van der Waals surface area contributed by atoms with Crippen LogP contribution in [0.2, 0.25) is 5.02 Å². The molecule has 160 valence electrons. The summed E-state index contributed by atoms with van der Waals surface area (Å²) < 4.78 is 34.0. The Morgan fingerprint density at radius 1 is 1.03 bits per heavy atom. The number of halogens is 1. The minimum atomic E-state index is -3.77. The van der Waals surface area contributed by atoms with Gasteiger partial charge >= 0.3 is 0 Å². The van der Waals surface area contributed by atoms with Crippen LogP contribution in [0.25, 0.3) is 0 Å². The van der Waals surface area contributed by atoms with Crippen molar-refractivity contribution >= 4 is 27.3 Å². The van der Waals surface area contributed by atoms with E-state index < -0.39 is 10.0 Å². The molecule has 0 saturated carbocycles. The summed E-state index contributed by atoms with van der Waals surface area (Å²) in [5.41, 5.74) is 2.71. The van der Waals surface area contributed by atoms with Gasteiger partial charge in [0.1, 0.15) is 23.1 Å². The number of nitrogens with one attached hydrogen (secondary N) is 1. The Morgan fingerprint density at radius 2 is 1.71 bits per heavy atom. The lowest BCUT2D eigenvalue weighted by molar-refractivity contribution is 0.480. The predicted molar refractivity (Wildman–Crippen MR) is 123 cm³/mol. The van der Waals surface area contributed by atoms with Crippen molar-refractivity contribution in [1.29, 1.82) is 5.26 Å². The molecular weight excluding hydrogens is 432 g/mol. The average molecular weight is 455 g/mol. The zero-order chi connectivity index (χ0) is 22.8. The number of aryl methyl sites for hydroxylation is 1. The Balaban J connectivity index is 1.81. The fourth-order valence-corrected chi connectivity index (χ4v) is 4.30. The van der Waals surface area contributed by atoms with Crippen LogP contribution >= 0.6 is 11.6 Å². The molecule has 0 spiro atoms. The van der Waals surface area contributed by atoms with Crippen molar-refractivity contribution in [3.8, 4) is 17.6 Å². The van der Waals surface area contributed by atoms with Gasteiger partial charge in [0.15, 0.2) is 0 Å². The standard InChI is InChI=1S/C24H23ClN2O3S/c1-16-14-17(24(2,3)4)8-13-22(16)27-31(28,29)19-11-9-18(10-12-19)30-23-7-5-6-21(25)20(23)15-26/h5-14,27H,1-4H3. The van der Waals surface area contributed by atoms with Crippen LogP contribution in [-0.2, 0) is 15.4 Å². The molecule has 0 saturated heterocycles. The van der Waals surface area contributed by atoms with Crippen LogP contribution in [0, 0.1) is 18.3 Å². The van der Waals surface area contributed by atoms with E-state index in [2.05, 4.69) is 25.5 Å². The summed E-state index contributed by atoms with van der Waals surface area (Å²) in [6.45, 7) is 8.20. The van der Waals surface area contributed by atoms with E-state index in [-0.39, 0.29) is 20.9 Å². The van der Waals surface area contributed by atoms with Gasteiger partial charge in [-0.25, -0.2) is 8.42 Å². The van der Waals surface area contributed by atoms with Crippen LogP contribution in [-0.4, -0.2) is 8.42 Å². The van der Waals surface area contributed by atoms with Gasteiger partial charge in [-0.15, -0.1) is 0 Å². The van der Waals surface area contributed by atoms with Crippen molar-refractivity contribution in [3.63, 3.8) is 0 Å². The summed E-state index contributed by atoms with van der Waals surface area (Å²) in [6.07, 6.45) is 0. The first kappa shape index (κ1) is 22.7. The Bertz CT molecular complexity index is 1260. The first-order valence-electron chi connectivity index (χ1n) is 9.62. The third kappa shape index (κ3) is 5.19. The highest BCUT2D eigenvalue weighted by atomic mass is 35.5. The second kappa shape index (κ2) is 8.62. The lowest BCUT2D eigenvalue weighted by atomic mass is 9.86. The van der Waals surface area contributed by atoms with Gasteiger partial charge in [0.05, 0.1) is 15.6 Å². The third-order valence-corrected chi connectivity index (χ3v) is 6.48. The molecule has 0 heterocycles. The van der Waals surface area contributed by atoms with Crippen LogP contribution in [0.3, 0.4) is 0 Å². The van der Waals surface area contributed by atoms with Gasteiger partial charge < -0.3 is 4.74 Å². The zero-order valence-corrected chi connectivity index (χ0v) is 19.3. The molecule has 0 radical (unpaired) electrons. The summed E-state index contributed by atoms with van der Waals surface area (Å²) in [5, 5.41) is 9.54. The second-order valence-corrected chi connectivity index (χ2v) is 10.3. The van der Waals surface area contributed by atoms with Crippen LogP contribution < -0.4 is 9.46 Å². The molecule has 0 fully saturated rings. The van der Waals surface area contributed by atoms with Gasteiger partial charge in [0.25, 0.3) is 10.0 Å². The molecule has 3 rings (SSSR count). The van der Waals surface area contributed by atoms with Crippen LogP contribution in [0.5, 0.6) is 11.5 Å². The van der Waals surface area contributed by atoms with Crippen molar-refractivity contribution in [3.05, 3.63) is 82.4 Å². The molecule has 3 aromatic rings. The van der Waals surface area contributed by atoms with Crippen molar-refractivity contribution in [2.75, 3.05) is 4.72 Å². The smallest absolute Gasteiger partial charge is 0.261 e. The maximum absolute atomic E-state index is 12.8. The number of hydrogen-bond acceptors (Lipinski definition) is 4. The molecule has 0 atom stereocenters. The zero-order valence-electron chi connectivity index (χ0n) is 17.7. The Hall–Kier alpha value is -3.01. The van der Waals surface area contributed by atoms with Crippen molar-refractivity contribution < 1.29 is 13.2 Å². The number of ether oxygens (including phenoxy) is 1. The quantitative estimate of drug-likeness (QED) is 0.483. The molecule has 0 aliphatic heterocycles. The molecule has 0 bridgehead atoms. The Labute approximate surface area is 188 Å². The topological polar surface area (TPSA) is 79.2 Å². The van der Waals surface area contributed by atoms with Crippen LogP contribution in [0.1, 0.15) is 37.5 Å². The van der Waals surface area contributed by atoms with Gasteiger partial charge in [0.2, 0.25) is 0 Å². The first-order chi connectivity index (χ1) is 14.5. The van der Waals surface area contributed by atoms with E-state index in [1.54, 1.807) is 24.3 Å². The number of anilines is 1. The average Bonchev–Trinajstić information content (AvgIpc) is 2.69. The fraction of sp³-hybridized carbons (Fsp3) is 0.208. The molecule has 5 nitrogen and oxygen atoms in total. The molecule has 7 heteroatoms. The minimum absolute atomic E-state index is 0.0214. The highest BCUT2D eigenvalue weighted by Gasteiger charge is 2.18. The summed E-state index contributed by atoms with van der Waals surface area (Å²) in [7, 11) is -3.77. The van der Waals surface area contributed by atoms with E-state index >= 15 is 0 Å². The van der Waals surface area contributed by atoms with Crippen molar-refractivity contribution in [2.45, 2.75) is 38.0 Å². The fourth-order valence-electron chi connectivity index (χ4n) is 2.96. The van der Waals surface area contributed by atoms with E-state index in [1.807, 2.05) is 25.1 Å². The number of hydrogen-bond donors (Lipinski definition) is 1. The van der Waals surface area contributed by atoms with E-state index in [4.69, 9.17) is 16.3 Å². The monoisotopic (exact) mass is 454 g/mol. The normalized spacial score (nSPS) is 11.6. The number of sulfonamides is 1. The van der Waals surface area contributed by atoms with Gasteiger partial charge in [-0.3, -0.25) is 4.72 Å². The molecule has 0 unspecified atom stereocenters. The SMILES string of the molecule is Cc1cc(C(C)(C)C)ccc1NS(=O)(=O)c1ccc(Oc2cccc(Cl)c2C#N)cc1. The van der Waals surface area contributed by atoms with Gasteiger partial charge in [0, 0.05) is 0 Å². The van der Waals surface area contributed by atoms with Gasteiger partial charge in [-0.05, 0) is 65.9 Å². The maximum Gasteiger partial charge on any atom is 0.261 e. The molecule has 0 aliphatic rings. The molecule has 0 aromatic heterocycles. The maximum atomic E-state index is 12.8. The van der Waals surface area contributed by atoms with Crippen LogP contribution in [0.4, 0.5) is 5.69 Å². The highest BCUT2D eigenvalue weighted by Crippen LogP contribution is 2.31. The molecule has 0 aliphatic carbocycles. The van der Waals surface area contributed by atoms with Crippen LogP contribution in [0.15, 0.2) is 65.6 Å². The van der Waals surface area contributed by atoms with Gasteiger partial charge in [-0.2, -0.15) is 5.26 Å². The van der Waals surface area contributed by atoms with Gasteiger partial charge in [-0.1, -0.05) is 50.6 Å². The summed E-state index contributed by atoms with van der Waals surface area (Å²) in [4.78, 5) is 0.103. The minimum Gasteiger partial charge on any atom is -0.456 e.